The molecule has 2 aromatic rings. The quantitative estimate of drug-likeness (QED) is 0.546. The Morgan fingerprint density at radius 3 is 2.70 bits per heavy atom. The molecule has 6 nitrogen and oxygen atoms in total. The maximum absolute atomic E-state index is 12.0. The molecule has 0 saturated heterocycles. The second kappa shape index (κ2) is 7.56. The summed E-state index contributed by atoms with van der Waals surface area (Å²) < 4.78 is 7.03. The Labute approximate surface area is 149 Å². The number of halogens is 2. The molecule has 2 aromatic carbocycles. The van der Waals surface area contributed by atoms with Crippen molar-refractivity contribution in [1.82, 2.24) is 0 Å². The molecule has 0 aliphatic carbocycles. The fraction of sp³-hybridized carbons (Fsp3) is 0.133. The van der Waals surface area contributed by atoms with E-state index >= 15 is 0 Å². The maximum Gasteiger partial charge on any atom is 0.274 e. The van der Waals surface area contributed by atoms with E-state index in [1.165, 1.54) is 12.1 Å². The maximum atomic E-state index is 12.0. The van der Waals surface area contributed by atoms with Crippen LogP contribution in [0.2, 0.25) is 0 Å². The lowest BCUT2D eigenvalue weighted by atomic mass is 10.1. The standard InChI is InChI=1S/C15H12Br2N2O4/c1-9-12(3-2-4-13(9)19(21)22)18-15(20)8-23-14-6-5-10(16)7-11(14)17/h2-7H,8H2,1H3,(H,18,20). The van der Waals surface area contributed by atoms with E-state index in [4.69, 9.17) is 4.74 Å². The van der Waals surface area contributed by atoms with Gasteiger partial charge in [-0.3, -0.25) is 14.9 Å². The first-order valence-electron chi connectivity index (χ1n) is 6.50. The molecule has 0 heterocycles. The van der Waals surface area contributed by atoms with E-state index in [-0.39, 0.29) is 12.3 Å². The van der Waals surface area contributed by atoms with Crippen molar-refractivity contribution in [3.63, 3.8) is 0 Å². The number of hydrogen-bond acceptors (Lipinski definition) is 4. The summed E-state index contributed by atoms with van der Waals surface area (Å²) in [5.74, 6) is 0.127. The van der Waals surface area contributed by atoms with Crippen LogP contribution in [0.15, 0.2) is 45.3 Å². The molecule has 1 N–H and O–H groups in total. The van der Waals surface area contributed by atoms with Gasteiger partial charge in [-0.25, -0.2) is 0 Å². The van der Waals surface area contributed by atoms with Gasteiger partial charge in [-0.1, -0.05) is 22.0 Å². The minimum absolute atomic E-state index is 0.0422. The second-order valence-corrected chi connectivity index (χ2v) is 6.39. The van der Waals surface area contributed by atoms with Gasteiger partial charge in [0.1, 0.15) is 5.75 Å². The van der Waals surface area contributed by atoms with Crippen LogP contribution >= 0.6 is 31.9 Å². The second-order valence-electron chi connectivity index (χ2n) is 4.62. The minimum Gasteiger partial charge on any atom is -0.483 e. The molecule has 8 heteroatoms. The minimum atomic E-state index is -0.486. The number of nitro benzene ring substituents is 1. The van der Waals surface area contributed by atoms with Gasteiger partial charge >= 0.3 is 0 Å². The van der Waals surface area contributed by atoms with Crippen LogP contribution in [-0.4, -0.2) is 17.4 Å². The largest absolute Gasteiger partial charge is 0.483 e. The van der Waals surface area contributed by atoms with Gasteiger partial charge in [-0.2, -0.15) is 0 Å². The Morgan fingerprint density at radius 2 is 2.04 bits per heavy atom. The third-order valence-corrected chi connectivity index (χ3v) is 4.14. The highest BCUT2D eigenvalue weighted by atomic mass is 79.9. The van der Waals surface area contributed by atoms with E-state index in [0.29, 0.717) is 21.5 Å². The van der Waals surface area contributed by atoms with Gasteiger partial charge in [0.15, 0.2) is 6.61 Å². The first-order valence-corrected chi connectivity index (χ1v) is 8.09. The van der Waals surface area contributed by atoms with E-state index in [2.05, 4.69) is 37.2 Å². The van der Waals surface area contributed by atoms with Gasteiger partial charge in [-0.05, 0) is 47.1 Å². The number of carbonyl (C=O) groups excluding carboxylic acids is 1. The van der Waals surface area contributed by atoms with E-state index < -0.39 is 10.8 Å². The average molecular weight is 444 g/mol. The van der Waals surface area contributed by atoms with Crippen LogP contribution in [0.5, 0.6) is 5.75 Å². The fourth-order valence-corrected chi connectivity index (χ4v) is 3.04. The molecule has 0 aromatic heterocycles. The smallest absolute Gasteiger partial charge is 0.274 e. The molecule has 1 amide bonds. The first kappa shape index (κ1) is 17.4. The van der Waals surface area contributed by atoms with E-state index in [9.17, 15) is 14.9 Å². The summed E-state index contributed by atoms with van der Waals surface area (Å²) in [5.41, 5.74) is 0.748. The molecule has 120 valence electrons. The van der Waals surface area contributed by atoms with Crippen molar-refractivity contribution < 1.29 is 14.5 Å². The summed E-state index contributed by atoms with van der Waals surface area (Å²) >= 11 is 6.67. The number of benzene rings is 2. The number of ether oxygens (including phenoxy) is 1. The van der Waals surface area contributed by atoms with Crippen molar-refractivity contribution in [3.05, 3.63) is 61.0 Å². The fourth-order valence-electron chi connectivity index (χ4n) is 1.88. The van der Waals surface area contributed by atoms with Crippen molar-refractivity contribution in [3.8, 4) is 5.75 Å². The van der Waals surface area contributed by atoms with Gasteiger partial charge < -0.3 is 10.1 Å². The first-order chi connectivity index (χ1) is 10.9. The van der Waals surface area contributed by atoms with Crippen LogP contribution in [0.25, 0.3) is 0 Å². The van der Waals surface area contributed by atoms with Crippen molar-refractivity contribution >= 4 is 49.1 Å². The highest BCUT2D eigenvalue weighted by Gasteiger charge is 2.15. The Hall–Kier alpha value is -1.93. The predicted octanol–water partition coefficient (Wildman–Crippen LogP) is 4.45. The number of anilines is 1. The predicted molar refractivity (Wildman–Crippen MR) is 93.8 cm³/mol. The van der Waals surface area contributed by atoms with Gasteiger partial charge in [0, 0.05) is 10.5 Å². The zero-order valence-electron chi connectivity index (χ0n) is 12.0. The van der Waals surface area contributed by atoms with Gasteiger partial charge in [-0.15, -0.1) is 0 Å². The van der Waals surface area contributed by atoms with Crippen LogP contribution in [0.3, 0.4) is 0 Å². The van der Waals surface area contributed by atoms with E-state index in [0.717, 1.165) is 4.47 Å². The van der Waals surface area contributed by atoms with Crippen LogP contribution in [0.4, 0.5) is 11.4 Å². The highest BCUT2D eigenvalue weighted by Crippen LogP contribution is 2.28. The molecule has 0 saturated carbocycles. The Morgan fingerprint density at radius 1 is 1.30 bits per heavy atom. The van der Waals surface area contributed by atoms with Crippen molar-refractivity contribution in [2.75, 3.05) is 11.9 Å². The Kier molecular flexibility index (Phi) is 5.73. The highest BCUT2D eigenvalue weighted by molar-refractivity contribution is 9.11. The Balaban J connectivity index is 2.03. The topological polar surface area (TPSA) is 81.5 Å². The number of rotatable bonds is 5. The number of nitrogens with one attached hydrogen (secondary N) is 1. The number of amides is 1. The zero-order valence-corrected chi connectivity index (χ0v) is 15.2. The molecule has 0 aliphatic heterocycles. The monoisotopic (exact) mass is 442 g/mol. The Bertz CT molecular complexity index is 765. The summed E-state index contributed by atoms with van der Waals surface area (Å²) in [7, 11) is 0. The van der Waals surface area contributed by atoms with E-state index in [1.54, 1.807) is 31.2 Å². The number of nitro groups is 1. The lowest BCUT2D eigenvalue weighted by Crippen LogP contribution is -2.21. The molecule has 2 rings (SSSR count). The summed E-state index contributed by atoms with van der Waals surface area (Å²) in [6, 6.07) is 9.84. The molecule has 0 atom stereocenters. The van der Waals surface area contributed by atoms with Crippen LogP contribution in [-0.2, 0) is 4.79 Å². The molecular formula is C15H12Br2N2O4. The van der Waals surface area contributed by atoms with Crippen LogP contribution < -0.4 is 10.1 Å². The number of carbonyl (C=O) groups is 1. The summed E-state index contributed by atoms with van der Waals surface area (Å²) in [6.45, 7) is 1.38. The zero-order chi connectivity index (χ0) is 17.0. The van der Waals surface area contributed by atoms with Gasteiger partial charge in [0.25, 0.3) is 11.6 Å². The average Bonchev–Trinajstić information content (AvgIpc) is 2.48. The third kappa shape index (κ3) is 4.52. The van der Waals surface area contributed by atoms with Gasteiger partial charge in [0.2, 0.25) is 0 Å². The van der Waals surface area contributed by atoms with Crippen LogP contribution in [0, 0.1) is 17.0 Å². The summed E-state index contributed by atoms with van der Waals surface area (Å²) in [6.07, 6.45) is 0. The van der Waals surface area contributed by atoms with Gasteiger partial charge in [0.05, 0.1) is 20.6 Å². The van der Waals surface area contributed by atoms with Crippen molar-refractivity contribution in [2.45, 2.75) is 6.92 Å². The third-order valence-electron chi connectivity index (χ3n) is 3.03. The molecule has 23 heavy (non-hydrogen) atoms. The number of hydrogen-bond donors (Lipinski definition) is 1. The molecule has 0 unspecified atom stereocenters. The van der Waals surface area contributed by atoms with E-state index in [1.807, 2.05) is 0 Å². The lowest BCUT2D eigenvalue weighted by molar-refractivity contribution is -0.385. The molecule has 0 aliphatic rings. The summed E-state index contributed by atoms with van der Waals surface area (Å²) in [4.78, 5) is 22.4. The molecule has 0 radical (unpaired) electrons. The molecule has 0 fully saturated rings. The van der Waals surface area contributed by atoms with Crippen molar-refractivity contribution in [1.29, 1.82) is 0 Å². The van der Waals surface area contributed by atoms with Crippen molar-refractivity contribution in [2.24, 2.45) is 0 Å². The molecule has 0 bridgehead atoms. The number of nitrogens with zero attached hydrogens (tertiary/aromatic N) is 1. The van der Waals surface area contributed by atoms with Crippen LogP contribution in [0.1, 0.15) is 5.56 Å². The lowest BCUT2D eigenvalue weighted by Gasteiger charge is -2.10. The molecular weight excluding hydrogens is 432 g/mol. The summed E-state index contributed by atoms with van der Waals surface area (Å²) in [5, 5.41) is 13.5. The SMILES string of the molecule is Cc1c(NC(=O)COc2ccc(Br)cc2Br)cccc1[N+](=O)[O-]. The normalized spacial score (nSPS) is 10.2. The molecule has 0 spiro atoms.